The average Bonchev–Trinajstić information content (AvgIpc) is 3.09. The zero-order valence-corrected chi connectivity index (χ0v) is 15.2. The average molecular weight is 375 g/mol. The lowest BCUT2D eigenvalue weighted by Gasteiger charge is -2.20. The number of nitrogens with zero attached hydrogens (tertiary/aromatic N) is 3. The second-order valence-corrected chi connectivity index (χ2v) is 5.96. The van der Waals surface area contributed by atoms with E-state index in [0.717, 1.165) is 0 Å². The fourth-order valence-corrected chi connectivity index (χ4v) is 2.66. The second-order valence-electron chi connectivity index (χ2n) is 5.96. The van der Waals surface area contributed by atoms with E-state index >= 15 is 0 Å². The van der Waals surface area contributed by atoms with Gasteiger partial charge in [-0.2, -0.15) is 10.3 Å². The van der Waals surface area contributed by atoms with Crippen molar-refractivity contribution in [2.24, 2.45) is 9.98 Å². The van der Waals surface area contributed by atoms with Gasteiger partial charge >= 0.3 is 11.9 Å². The molecule has 7 heteroatoms. The van der Waals surface area contributed by atoms with Gasteiger partial charge in [-0.05, 0) is 24.6 Å². The van der Waals surface area contributed by atoms with Gasteiger partial charge in [-0.3, -0.25) is 4.79 Å². The maximum absolute atomic E-state index is 12.6. The summed E-state index contributed by atoms with van der Waals surface area (Å²) < 4.78 is 10.5. The maximum Gasteiger partial charge on any atom is 0.349 e. The topological polar surface area (TPSA) is 101 Å². The first kappa shape index (κ1) is 19.0. The Morgan fingerprint density at radius 2 is 1.82 bits per heavy atom. The predicted octanol–water partition coefficient (Wildman–Crippen LogP) is 2.46. The number of carbonyl (C=O) groups is 2. The summed E-state index contributed by atoms with van der Waals surface area (Å²) in [5, 5.41) is 9.80. The van der Waals surface area contributed by atoms with Gasteiger partial charge in [-0.15, -0.1) is 0 Å². The highest BCUT2D eigenvalue weighted by molar-refractivity contribution is 6.43. The molecular weight excluding hydrogens is 358 g/mol. The zero-order valence-electron chi connectivity index (χ0n) is 15.2. The minimum absolute atomic E-state index is 0.0655. The number of amides is 1. The van der Waals surface area contributed by atoms with Gasteiger partial charge in [0.15, 0.2) is 0 Å². The van der Waals surface area contributed by atoms with Crippen LogP contribution in [0.2, 0.25) is 0 Å². The third kappa shape index (κ3) is 3.96. The predicted molar refractivity (Wildman–Crippen MR) is 102 cm³/mol. The standard InChI is InChI=1S/C21H17N3O4/c1-2-27-20(26)21(14-22,13-15-9-5-3-6-10-15)24-19-17(25)23-18(28-19)16-11-7-4-8-12-16/h3-12H,2,13H2,1H3. The summed E-state index contributed by atoms with van der Waals surface area (Å²) in [6, 6.07) is 19.6. The molecule has 0 bridgehead atoms. The first-order valence-corrected chi connectivity index (χ1v) is 8.66. The quantitative estimate of drug-likeness (QED) is 0.722. The number of ether oxygens (including phenoxy) is 2. The number of hydrogen-bond acceptors (Lipinski definition) is 6. The van der Waals surface area contributed by atoms with Gasteiger partial charge in [-0.25, -0.2) is 9.79 Å². The smallest absolute Gasteiger partial charge is 0.349 e. The van der Waals surface area contributed by atoms with Crippen molar-refractivity contribution in [3.8, 4) is 6.07 Å². The van der Waals surface area contributed by atoms with Crippen LogP contribution in [0.3, 0.4) is 0 Å². The lowest BCUT2D eigenvalue weighted by Crippen LogP contribution is -2.41. The highest BCUT2D eigenvalue weighted by Crippen LogP contribution is 2.22. The van der Waals surface area contributed by atoms with E-state index in [1.807, 2.05) is 18.2 Å². The molecule has 28 heavy (non-hydrogen) atoms. The molecule has 0 fully saturated rings. The van der Waals surface area contributed by atoms with Gasteiger partial charge in [0.2, 0.25) is 5.90 Å². The van der Waals surface area contributed by atoms with Crippen LogP contribution in [0, 0.1) is 11.3 Å². The van der Waals surface area contributed by atoms with Crippen LogP contribution in [0.15, 0.2) is 70.6 Å². The van der Waals surface area contributed by atoms with Gasteiger partial charge in [0.25, 0.3) is 11.4 Å². The van der Waals surface area contributed by atoms with Crippen LogP contribution in [-0.4, -0.2) is 35.8 Å². The van der Waals surface area contributed by atoms with Crippen molar-refractivity contribution in [2.45, 2.75) is 18.9 Å². The Morgan fingerprint density at radius 1 is 1.18 bits per heavy atom. The lowest BCUT2D eigenvalue weighted by atomic mass is 9.93. The Hall–Kier alpha value is -3.79. The van der Waals surface area contributed by atoms with Crippen molar-refractivity contribution >= 4 is 23.7 Å². The Morgan fingerprint density at radius 3 is 2.43 bits per heavy atom. The fourth-order valence-electron chi connectivity index (χ4n) is 2.66. The van der Waals surface area contributed by atoms with Gasteiger partial charge < -0.3 is 9.47 Å². The molecule has 140 valence electrons. The molecule has 0 radical (unpaired) electrons. The van der Waals surface area contributed by atoms with E-state index < -0.39 is 23.3 Å². The number of esters is 1. The number of carbonyl (C=O) groups excluding carboxylic acids is 2. The number of aliphatic imine (C=N–C) groups is 2. The first-order chi connectivity index (χ1) is 13.6. The molecule has 0 aromatic heterocycles. The third-order valence-electron chi connectivity index (χ3n) is 3.99. The lowest BCUT2D eigenvalue weighted by molar-refractivity contribution is -0.147. The van der Waals surface area contributed by atoms with E-state index in [2.05, 4.69) is 9.98 Å². The highest BCUT2D eigenvalue weighted by atomic mass is 16.5. The number of rotatable bonds is 6. The minimum Gasteiger partial charge on any atom is -0.463 e. The van der Waals surface area contributed by atoms with Crippen LogP contribution in [0.25, 0.3) is 0 Å². The molecule has 1 amide bonds. The molecule has 0 N–H and O–H groups in total. The summed E-state index contributed by atoms with van der Waals surface area (Å²) in [7, 11) is 0. The van der Waals surface area contributed by atoms with Crippen molar-refractivity contribution in [1.29, 1.82) is 5.26 Å². The number of nitriles is 1. The summed E-state index contributed by atoms with van der Waals surface area (Å²) in [4.78, 5) is 32.8. The molecular formula is C21H17N3O4. The third-order valence-corrected chi connectivity index (χ3v) is 3.99. The summed E-state index contributed by atoms with van der Waals surface area (Å²) in [5.74, 6) is -1.95. The molecule has 1 atom stereocenters. The van der Waals surface area contributed by atoms with E-state index in [9.17, 15) is 14.9 Å². The molecule has 0 spiro atoms. The highest BCUT2D eigenvalue weighted by Gasteiger charge is 2.43. The Balaban J connectivity index is 1.96. The largest absolute Gasteiger partial charge is 0.463 e. The molecule has 1 aliphatic heterocycles. The van der Waals surface area contributed by atoms with E-state index in [1.54, 1.807) is 55.5 Å². The van der Waals surface area contributed by atoms with E-state index in [-0.39, 0.29) is 18.9 Å². The summed E-state index contributed by atoms with van der Waals surface area (Å²) in [6.45, 7) is 1.70. The zero-order chi connectivity index (χ0) is 20.0. The van der Waals surface area contributed by atoms with Crippen LogP contribution in [0.5, 0.6) is 0 Å². The Labute approximate surface area is 162 Å². The van der Waals surface area contributed by atoms with Crippen LogP contribution in [-0.2, 0) is 25.5 Å². The van der Waals surface area contributed by atoms with E-state index in [4.69, 9.17) is 9.47 Å². The van der Waals surface area contributed by atoms with Crippen molar-refractivity contribution in [3.05, 3.63) is 71.8 Å². The molecule has 0 saturated carbocycles. The van der Waals surface area contributed by atoms with Crippen molar-refractivity contribution in [3.63, 3.8) is 0 Å². The van der Waals surface area contributed by atoms with Crippen molar-refractivity contribution < 1.29 is 19.1 Å². The second kappa shape index (κ2) is 8.27. The van der Waals surface area contributed by atoms with Crippen LogP contribution >= 0.6 is 0 Å². The monoisotopic (exact) mass is 375 g/mol. The molecule has 7 nitrogen and oxygen atoms in total. The summed E-state index contributed by atoms with van der Waals surface area (Å²) in [6.07, 6.45) is -0.0655. The van der Waals surface area contributed by atoms with Crippen LogP contribution < -0.4 is 0 Å². The molecule has 0 saturated heterocycles. The SMILES string of the molecule is CCOC(=O)C(C#N)(Cc1ccccc1)N=C1OC(c2ccccc2)=NC1=O. The maximum atomic E-state index is 12.6. The molecule has 1 heterocycles. The van der Waals surface area contributed by atoms with E-state index in [0.29, 0.717) is 11.1 Å². The molecule has 3 rings (SSSR count). The molecule has 1 unspecified atom stereocenters. The molecule has 0 aliphatic carbocycles. The van der Waals surface area contributed by atoms with Crippen molar-refractivity contribution in [2.75, 3.05) is 6.61 Å². The normalized spacial score (nSPS) is 16.6. The summed E-state index contributed by atoms with van der Waals surface area (Å²) >= 11 is 0. The molecule has 2 aromatic carbocycles. The van der Waals surface area contributed by atoms with Crippen molar-refractivity contribution in [1.82, 2.24) is 0 Å². The molecule has 1 aliphatic rings. The number of hydrogen-bond donors (Lipinski definition) is 0. The van der Waals surface area contributed by atoms with Gasteiger partial charge in [0.05, 0.1) is 6.61 Å². The Bertz CT molecular complexity index is 978. The van der Waals surface area contributed by atoms with Gasteiger partial charge in [0, 0.05) is 12.0 Å². The first-order valence-electron chi connectivity index (χ1n) is 8.66. The van der Waals surface area contributed by atoms with E-state index in [1.165, 1.54) is 0 Å². The number of benzene rings is 2. The Kier molecular flexibility index (Phi) is 5.61. The summed E-state index contributed by atoms with van der Waals surface area (Å²) in [5.41, 5.74) is -0.678. The van der Waals surface area contributed by atoms with Crippen LogP contribution in [0.1, 0.15) is 18.1 Å². The fraction of sp³-hybridized carbons (Fsp3) is 0.190. The molecule has 2 aromatic rings. The van der Waals surface area contributed by atoms with Gasteiger partial charge in [0.1, 0.15) is 6.07 Å². The van der Waals surface area contributed by atoms with Crippen LogP contribution in [0.4, 0.5) is 0 Å². The minimum atomic E-state index is -1.95. The van der Waals surface area contributed by atoms with Gasteiger partial charge in [-0.1, -0.05) is 48.5 Å².